The molecule has 3 rings (SSSR count). The second-order valence-corrected chi connectivity index (χ2v) is 4.59. The number of hydrogen-bond acceptors (Lipinski definition) is 5. The van der Waals surface area contributed by atoms with Gasteiger partial charge in [-0.15, -0.1) is 24.8 Å². The topological polar surface area (TPSA) is 122 Å². The monoisotopic (exact) mass is 349 g/mol. The first-order chi connectivity index (χ1) is 9.50. The molecular formula is C13H17Cl2N3O4. The minimum atomic E-state index is -1.63. The molecule has 1 saturated heterocycles. The summed E-state index contributed by atoms with van der Waals surface area (Å²) in [6.45, 7) is 2.03. The zero-order valence-corrected chi connectivity index (χ0v) is 13.1. The molecule has 1 fully saturated rings. The third-order valence-corrected chi connectivity index (χ3v) is 3.03. The fraction of sp³-hybridized carbons (Fsp3) is 0.308. The molecule has 0 saturated carbocycles. The lowest BCUT2D eigenvalue weighted by atomic mass is 9.92. The Bertz CT molecular complexity index is 564. The molecular weight excluding hydrogens is 333 g/mol. The highest BCUT2D eigenvalue weighted by atomic mass is 35.5. The van der Waals surface area contributed by atoms with E-state index in [2.05, 4.69) is 10.6 Å². The van der Waals surface area contributed by atoms with Gasteiger partial charge in [0.25, 0.3) is 0 Å². The van der Waals surface area contributed by atoms with Crippen LogP contribution in [0.2, 0.25) is 0 Å². The van der Waals surface area contributed by atoms with Gasteiger partial charge in [-0.05, 0) is 12.1 Å². The minimum Gasteiger partial charge on any atom is -0.480 e. The van der Waals surface area contributed by atoms with Gasteiger partial charge < -0.3 is 21.5 Å². The summed E-state index contributed by atoms with van der Waals surface area (Å²) in [5.41, 5.74) is 5.92. The number of rotatable bonds is 1. The molecule has 7 nitrogen and oxygen atoms in total. The lowest BCUT2D eigenvalue weighted by molar-refractivity contribution is -0.143. The van der Waals surface area contributed by atoms with Gasteiger partial charge in [-0.2, -0.15) is 0 Å². The van der Waals surface area contributed by atoms with Gasteiger partial charge >= 0.3 is 5.97 Å². The number of nitrogens with one attached hydrogen (secondary N) is 2. The molecule has 9 heteroatoms. The van der Waals surface area contributed by atoms with Gasteiger partial charge in [0.1, 0.15) is 0 Å². The van der Waals surface area contributed by atoms with Crippen LogP contribution in [0.5, 0.6) is 0 Å². The molecule has 1 amide bonds. The van der Waals surface area contributed by atoms with Crippen molar-refractivity contribution in [1.82, 2.24) is 5.32 Å². The third kappa shape index (κ3) is 4.41. The van der Waals surface area contributed by atoms with Crippen molar-refractivity contribution in [1.29, 1.82) is 0 Å². The molecule has 1 aromatic rings. The van der Waals surface area contributed by atoms with E-state index in [0.29, 0.717) is 11.7 Å². The maximum absolute atomic E-state index is 11.6. The van der Waals surface area contributed by atoms with Crippen LogP contribution < -0.4 is 16.4 Å². The summed E-state index contributed by atoms with van der Waals surface area (Å²) in [7, 11) is 0. The Morgan fingerprint density at radius 2 is 1.73 bits per heavy atom. The van der Waals surface area contributed by atoms with Crippen molar-refractivity contribution in [3.63, 3.8) is 0 Å². The zero-order valence-electron chi connectivity index (χ0n) is 11.4. The number of carbonyl (C=O) groups is 3. The summed E-state index contributed by atoms with van der Waals surface area (Å²) in [5, 5.41) is 14.1. The molecule has 0 aliphatic carbocycles. The molecule has 22 heavy (non-hydrogen) atoms. The predicted molar refractivity (Wildman–Crippen MR) is 85.9 cm³/mol. The molecule has 0 bridgehead atoms. The van der Waals surface area contributed by atoms with Gasteiger partial charge in [0.15, 0.2) is 11.7 Å². The summed E-state index contributed by atoms with van der Waals surface area (Å²) < 4.78 is 0. The van der Waals surface area contributed by atoms with Crippen LogP contribution in [0.25, 0.3) is 0 Å². The first-order valence-electron chi connectivity index (χ1n) is 6.14. The second-order valence-electron chi connectivity index (χ2n) is 4.59. The number of amides is 1. The fourth-order valence-corrected chi connectivity index (χ4v) is 1.82. The molecule has 1 aromatic carbocycles. The van der Waals surface area contributed by atoms with Crippen LogP contribution in [0.15, 0.2) is 24.3 Å². The smallest absolute Gasteiger partial charge is 0.324 e. The van der Waals surface area contributed by atoms with Gasteiger partial charge in [0.05, 0.1) is 5.69 Å². The van der Waals surface area contributed by atoms with Crippen LogP contribution in [-0.4, -0.2) is 41.9 Å². The fourth-order valence-electron chi connectivity index (χ4n) is 1.82. The number of fused-ring (bicyclic) bond motifs is 1. The highest BCUT2D eigenvalue weighted by Gasteiger charge is 2.39. The quantitative estimate of drug-likeness (QED) is 0.540. The number of para-hydroxylation sites is 1. The Labute approximate surface area is 139 Å². The van der Waals surface area contributed by atoms with Gasteiger partial charge in [-0.25, -0.2) is 0 Å². The standard InChI is InChI=1S/C10H7NO4.C3H8N2.2ClH/c12-8-5-3-1-2-4-6(5)11-9(13)7(8)10(14)15;4-3-1-5-2-3;;/h1-4,7H,(H,11,13)(H,14,15);3,5H,1-2,4H2;2*1H. The number of Topliss-reactive ketones (excluding diaryl/α,β-unsaturated/α-hetero) is 1. The maximum atomic E-state index is 11.6. The summed E-state index contributed by atoms with van der Waals surface area (Å²) >= 11 is 0. The highest BCUT2D eigenvalue weighted by Crippen LogP contribution is 2.25. The number of hydrogen-bond donors (Lipinski definition) is 4. The normalized spacial score (nSPS) is 19.0. The maximum Gasteiger partial charge on any atom is 0.324 e. The number of nitrogens with two attached hydrogens (primary N) is 1. The second kappa shape index (κ2) is 8.70. The van der Waals surface area contributed by atoms with Crippen molar-refractivity contribution >= 4 is 48.2 Å². The van der Waals surface area contributed by atoms with E-state index in [1.807, 2.05) is 0 Å². The van der Waals surface area contributed by atoms with Crippen LogP contribution in [0.1, 0.15) is 10.4 Å². The van der Waals surface area contributed by atoms with E-state index in [0.717, 1.165) is 13.1 Å². The minimum absolute atomic E-state index is 0. The van der Waals surface area contributed by atoms with Gasteiger partial charge in [0, 0.05) is 24.7 Å². The average Bonchev–Trinajstić information content (AvgIpc) is 2.36. The molecule has 0 radical (unpaired) electrons. The zero-order chi connectivity index (χ0) is 14.7. The molecule has 1 unspecified atom stereocenters. The molecule has 2 aliphatic heterocycles. The molecule has 2 heterocycles. The lowest BCUT2D eigenvalue weighted by Gasteiger charge is -2.21. The Morgan fingerprint density at radius 1 is 1.18 bits per heavy atom. The molecule has 0 spiro atoms. The number of anilines is 1. The van der Waals surface area contributed by atoms with Gasteiger partial charge in [-0.3, -0.25) is 14.4 Å². The number of carboxylic acid groups (broad SMARTS) is 1. The summed E-state index contributed by atoms with van der Waals surface area (Å²) in [4.78, 5) is 33.6. The summed E-state index contributed by atoms with van der Waals surface area (Å²) in [6.07, 6.45) is 0. The van der Waals surface area contributed by atoms with E-state index in [1.165, 1.54) is 6.07 Å². The van der Waals surface area contributed by atoms with E-state index < -0.39 is 23.6 Å². The van der Waals surface area contributed by atoms with E-state index in [1.54, 1.807) is 18.2 Å². The van der Waals surface area contributed by atoms with Crippen molar-refractivity contribution in [2.45, 2.75) is 6.04 Å². The lowest BCUT2D eigenvalue weighted by Crippen LogP contribution is -2.52. The van der Waals surface area contributed by atoms with Gasteiger partial charge in [0.2, 0.25) is 5.91 Å². The number of benzene rings is 1. The summed E-state index contributed by atoms with van der Waals surface area (Å²) in [5.74, 6) is -4.50. The average molecular weight is 350 g/mol. The van der Waals surface area contributed by atoms with Crippen LogP contribution in [0.3, 0.4) is 0 Å². The Kier molecular flexibility index (Phi) is 8.04. The van der Waals surface area contributed by atoms with E-state index in [4.69, 9.17) is 10.8 Å². The number of carbonyl (C=O) groups excluding carboxylic acids is 2. The van der Waals surface area contributed by atoms with Crippen molar-refractivity contribution < 1.29 is 19.5 Å². The predicted octanol–water partition coefficient (Wildman–Crippen LogP) is 0.283. The largest absolute Gasteiger partial charge is 0.480 e. The van der Waals surface area contributed by atoms with E-state index in [-0.39, 0.29) is 30.4 Å². The molecule has 2 aliphatic rings. The van der Waals surface area contributed by atoms with Crippen molar-refractivity contribution in [3.8, 4) is 0 Å². The Balaban J connectivity index is 0.000000542. The number of ketones is 1. The number of aliphatic carboxylic acids is 1. The molecule has 5 N–H and O–H groups in total. The first kappa shape index (κ1) is 20.3. The van der Waals surface area contributed by atoms with Crippen molar-refractivity contribution in [2.75, 3.05) is 18.4 Å². The van der Waals surface area contributed by atoms with Crippen LogP contribution >= 0.6 is 24.8 Å². The van der Waals surface area contributed by atoms with Gasteiger partial charge in [-0.1, -0.05) is 12.1 Å². The number of carboxylic acids is 1. The molecule has 0 aromatic heterocycles. The van der Waals surface area contributed by atoms with Crippen LogP contribution in [-0.2, 0) is 9.59 Å². The van der Waals surface area contributed by atoms with Crippen LogP contribution in [0, 0.1) is 5.92 Å². The number of halogens is 2. The third-order valence-electron chi connectivity index (χ3n) is 3.03. The molecule has 1 atom stereocenters. The Hall–Kier alpha value is -1.67. The first-order valence-corrected chi connectivity index (χ1v) is 6.14. The van der Waals surface area contributed by atoms with E-state index in [9.17, 15) is 14.4 Å². The van der Waals surface area contributed by atoms with Crippen molar-refractivity contribution in [2.24, 2.45) is 11.7 Å². The van der Waals surface area contributed by atoms with Crippen molar-refractivity contribution in [3.05, 3.63) is 29.8 Å². The Morgan fingerprint density at radius 3 is 2.18 bits per heavy atom. The molecule has 122 valence electrons. The van der Waals surface area contributed by atoms with Crippen LogP contribution in [0.4, 0.5) is 5.69 Å². The highest BCUT2D eigenvalue weighted by molar-refractivity contribution is 6.29. The SMILES string of the molecule is Cl.Cl.NC1CNC1.O=C(O)C1C(=O)Nc2ccccc2C1=O. The van der Waals surface area contributed by atoms with E-state index >= 15 is 0 Å². The summed E-state index contributed by atoms with van der Waals surface area (Å²) in [6, 6.07) is 6.78.